The van der Waals surface area contributed by atoms with Crippen molar-refractivity contribution in [2.24, 2.45) is 11.8 Å². The van der Waals surface area contributed by atoms with Crippen molar-refractivity contribution in [3.05, 3.63) is 76.2 Å². The number of nitrogens with one attached hydrogen (secondary N) is 2. The first-order chi connectivity index (χ1) is 19.6. The van der Waals surface area contributed by atoms with Gasteiger partial charge in [0.2, 0.25) is 0 Å². The van der Waals surface area contributed by atoms with Crippen molar-refractivity contribution in [2.45, 2.75) is 74.1 Å². The van der Waals surface area contributed by atoms with Crippen LogP contribution in [0.5, 0.6) is 0 Å². The molecule has 4 aromatic rings. The molecule has 2 aromatic carbocycles. The molecule has 0 radical (unpaired) electrons. The number of benzene rings is 2. The van der Waals surface area contributed by atoms with Crippen LogP contribution in [0.4, 0.5) is 0 Å². The predicted molar refractivity (Wildman–Crippen MR) is 170 cm³/mol. The highest BCUT2D eigenvalue weighted by Crippen LogP contribution is 2.33. The lowest BCUT2D eigenvalue weighted by molar-refractivity contribution is 0.0715. The minimum atomic E-state index is 0.120. The third kappa shape index (κ3) is 8.32. The van der Waals surface area contributed by atoms with Crippen LogP contribution >= 0.6 is 0 Å². The topological polar surface area (TPSA) is 74.2 Å². The summed E-state index contributed by atoms with van der Waals surface area (Å²) in [6, 6.07) is 14.9. The van der Waals surface area contributed by atoms with Crippen molar-refractivity contribution in [1.29, 1.82) is 0 Å². The van der Waals surface area contributed by atoms with Gasteiger partial charge in [-0.3, -0.25) is 4.79 Å². The van der Waals surface area contributed by atoms with E-state index in [4.69, 9.17) is 4.52 Å². The van der Waals surface area contributed by atoms with E-state index in [1.54, 1.807) is 0 Å². The summed E-state index contributed by atoms with van der Waals surface area (Å²) in [7, 11) is 0. The highest BCUT2D eigenvalue weighted by molar-refractivity contribution is 6.00. The minimum absolute atomic E-state index is 0.120. The monoisotopic (exact) mass is 556 g/mol. The van der Waals surface area contributed by atoms with Crippen molar-refractivity contribution in [2.75, 3.05) is 26.2 Å². The van der Waals surface area contributed by atoms with Gasteiger partial charge in [-0.1, -0.05) is 50.0 Å². The Morgan fingerprint density at radius 1 is 0.902 bits per heavy atom. The zero-order valence-electron chi connectivity index (χ0n) is 26.1. The first-order valence-corrected chi connectivity index (χ1v) is 15.3. The van der Waals surface area contributed by atoms with Crippen molar-refractivity contribution in [1.82, 2.24) is 20.4 Å². The first-order valence-electron chi connectivity index (χ1n) is 15.3. The lowest BCUT2D eigenvalue weighted by atomic mass is 9.98. The fourth-order valence-electron chi connectivity index (χ4n) is 5.73. The Kier molecular flexibility index (Phi) is 10.4. The van der Waals surface area contributed by atoms with Crippen LogP contribution in [0.1, 0.15) is 79.0 Å². The molecule has 0 aliphatic heterocycles. The molecule has 2 N–H and O–H groups in total. The van der Waals surface area contributed by atoms with Gasteiger partial charge in [0, 0.05) is 47.7 Å². The second-order valence-electron chi connectivity index (χ2n) is 12.5. The van der Waals surface area contributed by atoms with Gasteiger partial charge in [-0.2, -0.15) is 0 Å². The van der Waals surface area contributed by atoms with E-state index in [2.05, 4.69) is 87.3 Å². The summed E-state index contributed by atoms with van der Waals surface area (Å²) in [6.45, 7) is 18.3. The van der Waals surface area contributed by atoms with Crippen LogP contribution in [-0.2, 0) is 12.8 Å². The van der Waals surface area contributed by atoms with Crippen LogP contribution in [0, 0.1) is 32.6 Å². The summed E-state index contributed by atoms with van der Waals surface area (Å²) in [6.07, 6.45) is 3.95. The molecule has 0 aliphatic rings. The van der Waals surface area contributed by atoms with Crippen LogP contribution in [0.2, 0.25) is 0 Å². The van der Waals surface area contributed by atoms with E-state index in [1.165, 1.54) is 22.3 Å². The van der Waals surface area contributed by atoms with E-state index < -0.39 is 0 Å². The smallest absolute Gasteiger partial charge is 0.253 e. The van der Waals surface area contributed by atoms with E-state index >= 15 is 0 Å². The molecule has 0 fully saturated rings. The number of amides is 1. The highest BCUT2D eigenvalue weighted by Gasteiger charge is 2.21. The Bertz CT molecular complexity index is 1420. The molecule has 0 atom stereocenters. The lowest BCUT2D eigenvalue weighted by Gasteiger charge is -2.26. The van der Waals surface area contributed by atoms with Crippen LogP contribution < -0.4 is 5.32 Å². The zero-order valence-corrected chi connectivity index (χ0v) is 26.1. The molecule has 0 saturated heterocycles. The number of unbranched alkanes of at least 4 members (excludes halogenated alkanes) is 1. The summed E-state index contributed by atoms with van der Waals surface area (Å²) in [5.41, 5.74) is 8.90. The number of carbonyl (C=O) groups is 1. The number of H-pyrrole nitrogens is 1. The van der Waals surface area contributed by atoms with E-state index in [1.807, 2.05) is 24.0 Å². The maximum atomic E-state index is 13.7. The largest absolute Gasteiger partial charge is 0.361 e. The SMILES string of the molecule is Cc1cc(C)cc(-c2[nH]c3ccc(C(=O)N(CC(C)C)CC(C)C)cc3c2CCNCCCCc2cc(C)no2)c1. The fraction of sp³-hybridized carbons (Fsp3) is 0.486. The van der Waals surface area contributed by atoms with Gasteiger partial charge in [0.05, 0.1) is 5.69 Å². The quantitative estimate of drug-likeness (QED) is 0.156. The highest BCUT2D eigenvalue weighted by atomic mass is 16.5. The van der Waals surface area contributed by atoms with Gasteiger partial charge >= 0.3 is 0 Å². The molecule has 2 heterocycles. The molecule has 4 rings (SSSR count). The minimum Gasteiger partial charge on any atom is -0.361 e. The number of nitrogens with zero attached hydrogens (tertiary/aromatic N) is 2. The molecule has 0 aliphatic carbocycles. The summed E-state index contributed by atoms with van der Waals surface area (Å²) in [4.78, 5) is 19.4. The van der Waals surface area contributed by atoms with Crippen LogP contribution in [-0.4, -0.2) is 47.1 Å². The molecule has 0 unspecified atom stereocenters. The normalized spacial score (nSPS) is 11.7. The van der Waals surface area contributed by atoms with Gasteiger partial charge in [0.1, 0.15) is 5.76 Å². The van der Waals surface area contributed by atoms with Crippen molar-refractivity contribution < 1.29 is 9.32 Å². The van der Waals surface area contributed by atoms with Gasteiger partial charge in [-0.25, -0.2) is 0 Å². The van der Waals surface area contributed by atoms with Gasteiger partial charge in [-0.15, -0.1) is 0 Å². The molecule has 6 nitrogen and oxygen atoms in total. The van der Waals surface area contributed by atoms with Gasteiger partial charge < -0.3 is 19.7 Å². The molecule has 0 spiro atoms. The predicted octanol–water partition coefficient (Wildman–Crippen LogP) is 7.66. The standard InChI is InChI=1S/C35H48N4O2/c1-23(2)21-39(22-24(3)4)35(40)28-11-12-33-32(20-28)31(34(37-33)29-17-25(5)16-26(6)18-29)13-15-36-14-9-8-10-30-19-27(7)38-41-30/h11-12,16-20,23-24,36-37H,8-10,13-15,21-22H2,1-7H3. The number of aryl methyl sites for hydroxylation is 4. The van der Waals surface area contributed by atoms with Gasteiger partial charge in [0.25, 0.3) is 5.91 Å². The number of aromatic nitrogens is 2. The maximum Gasteiger partial charge on any atom is 0.253 e. The number of fused-ring (bicyclic) bond motifs is 1. The molecule has 41 heavy (non-hydrogen) atoms. The third-order valence-corrected chi connectivity index (χ3v) is 7.38. The molecular weight excluding hydrogens is 508 g/mol. The molecule has 220 valence electrons. The summed E-state index contributed by atoms with van der Waals surface area (Å²) < 4.78 is 5.33. The molecule has 0 bridgehead atoms. The lowest BCUT2D eigenvalue weighted by Crippen LogP contribution is -2.37. The molecule has 1 amide bonds. The Balaban J connectivity index is 1.55. The zero-order chi connectivity index (χ0) is 29.5. The van der Waals surface area contributed by atoms with Crippen molar-refractivity contribution in [3.63, 3.8) is 0 Å². The average Bonchev–Trinajstić information content (AvgIpc) is 3.48. The number of hydrogen-bond acceptors (Lipinski definition) is 4. The molecular formula is C35H48N4O2. The molecule has 6 heteroatoms. The van der Waals surface area contributed by atoms with E-state index in [0.29, 0.717) is 11.8 Å². The summed E-state index contributed by atoms with van der Waals surface area (Å²) in [5.74, 6) is 1.93. The Morgan fingerprint density at radius 3 is 2.24 bits per heavy atom. The van der Waals surface area contributed by atoms with Crippen LogP contribution in [0.3, 0.4) is 0 Å². The maximum absolute atomic E-state index is 13.7. The van der Waals surface area contributed by atoms with E-state index in [0.717, 1.165) is 85.5 Å². The van der Waals surface area contributed by atoms with E-state index in [9.17, 15) is 4.79 Å². The van der Waals surface area contributed by atoms with Crippen molar-refractivity contribution in [3.8, 4) is 11.3 Å². The van der Waals surface area contributed by atoms with Crippen LogP contribution in [0.25, 0.3) is 22.2 Å². The van der Waals surface area contributed by atoms with Gasteiger partial charge in [-0.05, 0) is 106 Å². The summed E-state index contributed by atoms with van der Waals surface area (Å²) in [5, 5.41) is 8.76. The van der Waals surface area contributed by atoms with E-state index in [-0.39, 0.29) is 5.91 Å². The first kappa shape index (κ1) is 30.6. The second kappa shape index (κ2) is 14.0. The van der Waals surface area contributed by atoms with Gasteiger partial charge in [0.15, 0.2) is 0 Å². The summed E-state index contributed by atoms with van der Waals surface area (Å²) >= 11 is 0. The Morgan fingerprint density at radius 2 is 1.61 bits per heavy atom. The Labute approximate surface area is 245 Å². The second-order valence-corrected chi connectivity index (χ2v) is 12.5. The molecule has 2 aromatic heterocycles. The number of hydrogen-bond donors (Lipinski definition) is 2. The molecule has 0 saturated carbocycles. The number of carbonyl (C=O) groups excluding carboxylic acids is 1. The number of rotatable bonds is 14. The fourth-order valence-corrected chi connectivity index (χ4v) is 5.73. The third-order valence-electron chi connectivity index (χ3n) is 7.38. The Hall–Kier alpha value is -3.38. The number of aromatic amines is 1. The van der Waals surface area contributed by atoms with Crippen LogP contribution in [0.15, 0.2) is 47.0 Å². The average molecular weight is 557 g/mol. The van der Waals surface area contributed by atoms with Crippen molar-refractivity contribution >= 4 is 16.8 Å².